The fraction of sp³-hybridized carbons (Fsp3) is 0.611. The van der Waals surface area contributed by atoms with Crippen molar-refractivity contribution in [3.8, 4) is 0 Å². The molecule has 6 heteroatoms. The van der Waals surface area contributed by atoms with E-state index in [1.807, 2.05) is 0 Å². The van der Waals surface area contributed by atoms with E-state index in [2.05, 4.69) is 41.5 Å². The highest BCUT2D eigenvalue weighted by Gasteiger charge is 2.36. The van der Waals surface area contributed by atoms with E-state index in [1.54, 1.807) is 13.0 Å². The minimum atomic E-state index is -0.345. The van der Waals surface area contributed by atoms with Gasteiger partial charge in [0.25, 0.3) is 0 Å². The lowest BCUT2D eigenvalue weighted by atomic mass is 9.86. The minimum Gasteiger partial charge on any atom is -0.336 e. The first kappa shape index (κ1) is 18.7. The zero-order valence-electron chi connectivity index (χ0n) is 15.2. The van der Waals surface area contributed by atoms with Gasteiger partial charge in [0.2, 0.25) is 0 Å². The second-order valence-corrected chi connectivity index (χ2v) is 6.88. The van der Waals surface area contributed by atoms with Crippen molar-refractivity contribution < 1.29 is 9.18 Å². The Morgan fingerprint density at radius 1 is 1.29 bits per heavy atom. The molecule has 0 saturated carbocycles. The smallest absolute Gasteiger partial charge is 0.319 e. The zero-order chi connectivity index (χ0) is 17.7. The maximum absolute atomic E-state index is 13.4. The fourth-order valence-electron chi connectivity index (χ4n) is 3.30. The minimum absolute atomic E-state index is 0.0269. The number of nitrogens with zero attached hydrogens (tertiary/aromatic N) is 2. The molecule has 24 heavy (non-hydrogen) atoms. The number of aryl methyl sites for hydroxylation is 1. The van der Waals surface area contributed by atoms with E-state index in [1.165, 1.54) is 12.1 Å². The number of hydrogen-bond donors (Lipinski definition) is 2. The molecule has 0 unspecified atom stereocenters. The van der Waals surface area contributed by atoms with E-state index in [0.29, 0.717) is 12.2 Å². The molecule has 5 nitrogen and oxygen atoms in total. The summed E-state index contributed by atoms with van der Waals surface area (Å²) in [4.78, 5) is 16.8. The number of likely N-dealkylation sites (N-methyl/N-ethyl adjacent to an activating group) is 1. The molecule has 134 valence electrons. The third-order valence-corrected chi connectivity index (χ3v) is 5.06. The molecule has 0 spiro atoms. The second kappa shape index (κ2) is 7.94. The summed E-state index contributed by atoms with van der Waals surface area (Å²) in [5.74, 6) is -0.345. The van der Waals surface area contributed by atoms with E-state index < -0.39 is 0 Å². The van der Waals surface area contributed by atoms with Gasteiger partial charge in [0.1, 0.15) is 5.82 Å². The van der Waals surface area contributed by atoms with Gasteiger partial charge in [-0.05, 0) is 77.3 Å². The van der Waals surface area contributed by atoms with Crippen molar-refractivity contribution in [1.82, 2.24) is 15.1 Å². The molecule has 1 fully saturated rings. The van der Waals surface area contributed by atoms with Crippen LogP contribution in [0.3, 0.4) is 0 Å². The van der Waals surface area contributed by atoms with Crippen molar-refractivity contribution >= 4 is 11.7 Å². The summed E-state index contributed by atoms with van der Waals surface area (Å²) in [5, 5.41) is 5.68. The summed E-state index contributed by atoms with van der Waals surface area (Å²) in [7, 11) is 4.13. The first-order valence-electron chi connectivity index (χ1n) is 8.56. The molecule has 0 bridgehead atoms. The van der Waals surface area contributed by atoms with Crippen LogP contribution < -0.4 is 10.6 Å². The summed E-state index contributed by atoms with van der Waals surface area (Å²) in [6.07, 6.45) is 2.04. The van der Waals surface area contributed by atoms with Gasteiger partial charge in [-0.3, -0.25) is 0 Å². The Kier molecular flexibility index (Phi) is 6.18. The fourth-order valence-corrected chi connectivity index (χ4v) is 3.30. The van der Waals surface area contributed by atoms with Gasteiger partial charge in [-0.15, -0.1) is 0 Å². The largest absolute Gasteiger partial charge is 0.336 e. The molecule has 1 aliphatic rings. The van der Waals surface area contributed by atoms with Gasteiger partial charge in [0.05, 0.1) is 0 Å². The number of rotatable bonds is 5. The molecule has 1 heterocycles. The summed E-state index contributed by atoms with van der Waals surface area (Å²) in [6, 6.07) is 4.23. The Bertz CT molecular complexity index is 548. The number of urea groups is 1. The highest BCUT2D eigenvalue weighted by Crippen LogP contribution is 2.26. The van der Waals surface area contributed by atoms with Crippen LogP contribution in [0, 0.1) is 12.7 Å². The molecule has 2 rings (SSSR count). The average molecular weight is 336 g/mol. The van der Waals surface area contributed by atoms with E-state index in [9.17, 15) is 9.18 Å². The molecule has 1 aromatic carbocycles. The van der Waals surface area contributed by atoms with Crippen LogP contribution in [-0.2, 0) is 0 Å². The summed E-state index contributed by atoms with van der Waals surface area (Å²) in [5.41, 5.74) is 1.23. The SMILES string of the molecule is CCN1CCC(CNC(=O)Nc2cc(C)cc(F)c2)(N(C)C)CC1. The van der Waals surface area contributed by atoms with Gasteiger partial charge in [0, 0.05) is 17.8 Å². The third kappa shape index (κ3) is 4.68. The number of halogens is 1. The van der Waals surface area contributed by atoms with Crippen molar-refractivity contribution in [2.24, 2.45) is 0 Å². The molecular weight excluding hydrogens is 307 g/mol. The Labute approximate surface area is 144 Å². The predicted octanol–water partition coefficient (Wildman–Crippen LogP) is 2.67. The molecule has 0 atom stereocenters. The number of benzene rings is 1. The van der Waals surface area contributed by atoms with Crippen LogP contribution in [0.5, 0.6) is 0 Å². The number of likely N-dealkylation sites (tertiary alicyclic amines) is 1. The van der Waals surface area contributed by atoms with Crippen LogP contribution in [0.15, 0.2) is 18.2 Å². The van der Waals surface area contributed by atoms with Crippen molar-refractivity contribution in [3.05, 3.63) is 29.6 Å². The molecule has 1 saturated heterocycles. The number of nitrogens with one attached hydrogen (secondary N) is 2. The molecule has 1 aliphatic heterocycles. The van der Waals surface area contributed by atoms with Gasteiger partial charge < -0.3 is 20.4 Å². The lowest BCUT2D eigenvalue weighted by Crippen LogP contribution is -2.58. The van der Waals surface area contributed by atoms with Crippen molar-refractivity contribution in [1.29, 1.82) is 0 Å². The van der Waals surface area contributed by atoms with E-state index >= 15 is 0 Å². The number of carbonyl (C=O) groups is 1. The average Bonchev–Trinajstić information content (AvgIpc) is 2.52. The van der Waals surface area contributed by atoms with Crippen molar-refractivity contribution in [3.63, 3.8) is 0 Å². The molecule has 2 amide bonds. The molecule has 1 aromatic rings. The van der Waals surface area contributed by atoms with E-state index in [0.717, 1.165) is 38.0 Å². The number of carbonyl (C=O) groups excluding carboxylic acids is 1. The Balaban J connectivity index is 1.93. The van der Waals surface area contributed by atoms with Crippen LogP contribution in [0.2, 0.25) is 0 Å². The van der Waals surface area contributed by atoms with E-state index in [4.69, 9.17) is 0 Å². The van der Waals surface area contributed by atoms with Gasteiger partial charge in [-0.25, -0.2) is 9.18 Å². The standard InChI is InChI=1S/C18H29FN4O/c1-5-23-8-6-18(7-9-23,22(3)4)13-20-17(24)21-16-11-14(2)10-15(19)12-16/h10-12H,5-9,13H2,1-4H3,(H2,20,21,24). The number of hydrogen-bond acceptors (Lipinski definition) is 3. The predicted molar refractivity (Wildman–Crippen MR) is 95.9 cm³/mol. The summed E-state index contributed by atoms with van der Waals surface area (Å²) >= 11 is 0. The number of piperidine rings is 1. The van der Waals surface area contributed by atoms with Crippen LogP contribution in [0.1, 0.15) is 25.3 Å². The Morgan fingerprint density at radius 3 is 2.50 bits per heavy atom. The Hall–Kier alpha value is -1.66. The topological polar surface area (TPSA) is 47.6 Å². The molecule has 0 radical (unpaired) electrons. The van der Waals surface area contributed by atoms with Gasteiger partial charge in [-0.1, -0.05) is 6.92 Å². The summed E-state index contributed by atoms with van der Waals surface area (Å²) in [6.45, 7) is 7.71. The van der Waals surface area contributed by atoms with Crippen LogP contribution in [-0.4, -0.2) is 61.6 Å². The second-order valence-electron chi connectivity index (χ2n) is 6.88. The first-order valence-corrected chi connectivity index (χ1v) is 8.56. The monoisotopic (exact) mass is 336 g/mol. The molecule has 2 N–H and O–H groups in total. The van der Waals surface area contributed by atoms with Gasteiger partial charge in [0.15, 0.2) is 0 Å². The molecule has 0 aliphatic carbocycles. The molecular formula is C18H29FN4O. The number of amides is 2. The maximum Gasteiger partial charge on any atom is 0.319 e. The first-order chi connectivity index (χ1) is 11.3. The highest BCUT2D eigenvalue weighted by molar-refractivity contribution is 5.89. The van der Waals surface area contributed by atoms with Crippen molar-refractivity contribution in [2.45, 2.75) is 32.2 Å². The van der Waals surface area contributed by atoms with Crippen molar-refractivity contribution in [2.75, 3.05) is 45.6 Å². The maximum atomic E-state index is 13.4. The lowest BCUT2D eigenvalue weighted by Gasteiger charge is -2.46. The normalized spacial score (nSPS) is 17.8. The van der Waals surface area contributed by atoms with Crippen LogP contribution in [0.25, 0.3) is 0 Å². The van der Waals surface area contributed by atoms with Crippen LogP contribution in [0.4, 0.5) is 14.9 Å². The van der Waals surface area contributed by atoms with Crippen LogP contribution >= 0.6 is 0 Å². The van der Waals surface area contributed by atoms with Gasteiger partial charge >= 0.3 is 6.03 Å². The lowest BCUT2D eigenvalue weighted by molar-refractivity contribution is 0.0604. The third-order valence-electron chi connectivity index (χ3n) is 5.06. The van der Waals surface area contributed by atoms with E-state index in [-0.39, 0.29) is 17.4 Å². The summed E-state index contributed by atoms with van der Waals surface area (Å²) < 4.78 is 13.4. The highest BCUT2D eigenvalue weighted by atomic mass is 19.1. The quantitative estimate of drug-likeness (QED) is 0.869. The number of anilines is 1. The molecule has 0 aromatic heterocycles. The zero-order valence-corrected chi connectivity index (χ0v) is 15.2. The van der Waals surface area contributed by atoms with Gasteiger partial charge in [-0.2, -0.15) is 0 Å². The Morgan fingerprint density at radius 2 is 1.96 bits per heavy atom.